The van der Waals surface area contributed by atoms with Crippen LogP contribution < -0.4 is 17.2 Å². The zero-order valence-electron chi connectivity index (χ0n) is 8.15. The summed E-state index contributed by atoms with van der Waals surface area (Å²) in [7, 11) is 0. The van der Waals surface area contributed by atoms with E-state index in [1.54, 1.807) is 0 Å². The number of ether oxygens (including phenoxy) is 1. The van der Waals surface area contributed by atoms with Gasteiger partial charge in [0, 0.05) is 19.8 Å². The van der Waals surface area contributed by atoms with E-state index in [0.29, 0.717) is 12.5 Å². The molecule has 1 aliphatic heterocycles. The Labute approximate surface area is 83.2 Å². The first-order valence-electron chi connectivity index (χ1n) is 4.66. The topological polar surface area (TPSA) is 112 Å². The molecule has 0 spiro atoms. The number of rotatable bonds is 3. The van der Waals surface area contributed by atoms with Gasteiger partial charge in [0.25, 0.3) is 0 Å². The highest BCUT2D eigenvalue weighted by Crippen LogP contribution is 2.15. The highest BCUT2D eigenvalue weighted by molar-refractivity contribution is 5.92. The van der Waals surface area contributed by atoms with Gasteiger partial charge in [-0.1, -0.05) is 0 Å². The van der Waals surface area contributed by atoms with E-state index in [2.05, 4.69) is 9.98 Å². The van der Waals surface area contributed by atoms with E-state index < -0.39 is 0 Å². The van der Waals surface area contributed by atoms with Gasteiger partial charge >= 0.3 is 0 Å². The fourth-order valence-electron chi connectivity index (χ4n) is 1.34. The van der Waals surface area contributed by atoms with Crippen LogP contribution in [0.4, 0.5) is 0 Å². The van der Waals surface area contributed by atoms with Gasteiger partial charge < -0.3 is 21.9 Å². The molecule has 0 aromatic heterocycles. The highest BCUT2D eigenvalue weighted by Gasteiger charge is 2.14. The molecule has 1 saturated heterocycles. The fraction of sp³-hybridized carbons (Fsp3) is 0.750. The molecule has 0 aromatic rings. The van der Waals surface area contributed by atoms with E-state index in [1.165, 1.54) is 0 Å². The van der Waals surface area contributed by atoms with Gasteiger partial charge in [0.05, 0.1) is 0 Å². The minimum Gasteiger partial charge on any atom is -0.381 e. The zero-order valence-corrected chi connectivity index (χ0v) is 8.15. The Morgan fingerprint density at radius 2 is 2.14 bits per heavy atom. The first-order valence-corrected chi connectivity index (χ1v) is 4.66. The first kappa shape index (κ1) is 10.8. The molecule has 0 saturated carbocycles. The number of hydrogen-bond acceptors (Lipinski definition) is 2. The molecule has 1 fully saturated rings. The van der Waals surface area contributed by atoms with Gasteiger partial charge in [0.15, 0.2) is 5.96 Å². The van der Waals surface area contributed by atoms with Crippen molar-refractivity contribution >= 4 is 11.9 Å². The molecule has 0 aromatic carbocycles. The maximum Gasteiger partial charge on any atom is 0.218 e. The predicted octanol–water partition coefficient (Wildman–Crippen LogP) is -0.999. The highest BCUT2D eigenvalue weighted by atomic mass is 16.5. The van der Waals surface area contributed by atoms with Crippen LogP contribution in [0, 0.1) is 5.92 Å². The Morgan fingerprint density at radius 1 is 1.36 bits per heavy atom. The average Bonchev–Trinajstić information content (AvgIpc) is 2.55. The van der Waals surface area contributed by atoms with Crippen molar-refractivity contribution in [2.24, 2.45) is 33.1 Å². The van der Waals surface area contributed by atoms with Crippen LogP contribution in [0.1, 0.15) is 12.8 Å². The third kappa shape index (κ3) is 4.08. The van der Waals surface area contributed by atoms with Crippen LogP contribution in [0.2, 0.25) is 0 Å². The minimum atomic E-state index is -0.0598. The summed E-state index contributed by atoms with van der Waals surface area (Å²) in [5.74, 6) is 0.685. The largest absolute Gasteiger partial charge is 0.381 e. The van der Waals surface area contributed by atoms with Crippen molar-refractivity contribution in [1.29, 1.82) is 0 Å². The van der Waals surface area contributed by atoms with Crippen LogP contribution in [-0.2, 0) is 4.74 Å². The zero-order chi connectivity index (χ0) is 10.4. The van der Waals surface area contributed by atoms with Crippen molar-refractivity contribution in [2.75, 3.05) is 19.8 Å². The summed E-state index contributed by atoms with van der Waals surface area (Å²) in [5.41, 5.74) is 15.7. The van der Waals surface area contributed by atoms with Gasteiger partial charge in [-0.3, -0.25) is 4.99 Å². The van der Waals surface area contributed by atoms with Crippen LogP contribution >= 0.6 is 0 Å². The molecule has 0 aliphatic carbocycles. The van der Waals surface area contributed by atoms with E-state index in [1.807, 2.05) is 0 Å². The number of aliphatic imine (C=N–C) groups is 2. The molecule has 1 aliphatic rings. The van der Waals surface area contributed by atoms with E-state index in [9.17, 15) is 0 Å². The molecular formula is C8H17N5O. The Kier molecular flexibility index (Phi) is 4.18. The Bertz CT molecular complexity index is 228. The number of guanidine groups is 2. The lowest BCUT2D eigenvalue weighted by Gasteiger charge is -2.03. The average molecular weight is 199 g/mol. The summed E-state index contributed by atoms with van der Waals surface area (Å²) in [6, 6.07) is 0. The van der Waals surface area contributed by atoms with Gasteiger partial charge in [-0.05, 0) is 18.8 Å². The number of hydrogen-bond donors (Lipinski definition) is 3. The minimum absolute atomic E-state index is 0.0598. The summed E-state index contributed by atoms with van der Waals surface area (Å²) in [6.45, 7) is 2.34. The second-order valence-corrected chi connectivity index (χ2v) is 3.29. The molecule has 80 valence electrons. The molecule has 1 heterocycles. The molecule has 6 N–H and O–H groups in total. The molecule has 1 unspecified atom stereocenters. The molecular weight excluding hydrogens is 182 g/mol. The van der Waals surface area contributed by atoms with Crippen molar-refractivity contribution in [3.05, 3.63) is 0 Å². The van der Waals surface area contributed by atoms with Crippen LogP contribution in [0.15, 0.2) is 9.98 Å². The quantitative estimate of drug-likeness (QED) is 0.400. The van der Waals surface area contributed by atoms with Gasteiger partial charge in [0.2, 0.25) is 5.96 Å². The van der Waals surface area contributed by atoms with Crippen LogP contribution in [0.25, 0.3) is 0 Å². The van der Waals surface area contributed by atoms with Gasteiger partial charge in [-0.25, -0.2) is 0 Å². The number of nitrogens with two attached hydrogens (primary N) is 3. The third-order valence-electron chi connectivity index (χ3n) is 2.08. The molecule has 14 heavy (non-hydrogen) atoms. The molecule has 0 amide bonds. The normalized spacial score (nSPS) is 22.3. The summed E-state index contributed by atoms with van der Waals surface area (Å²) < 4.78 is 5.23. The lowest BCUT2D eigenvalue weighted by atomic mass is 10.1. The third-order valence-corrected chi connectivity index (χ3v) is 2.08. The molecule has 0 radical (unpaired) electrons. The smallest absolute Gasteiger partial charge is 0.218 e. The SMILES string of the molecule is NC(N)=NC(N)=NCCC1CCOC1. The van der Waals surface area contributed by atoms with Crippen LogP contribution in [-0.4, -0.2) is 31.7 Å². The molecule has 6 heteroatoms. The van der Waals surface area contributed by atoms with Crippen molar-refractivity contribution in [2.45, 2.75) is 12.8 Å². The van der Waals surface area contributed by atoms with Gasteiger partial charge in [-0.15, -0.1) is 0 Å². The van der Waals surface area contributed by atoms with Crippen molar-refractivity contribution < 1.29 is 4.74 Å². The second kappa shape index (κ2) is 5.43. The monoisotopic (exact) mass is 199 g/mol. The summed E-state index contributed by atoms with van der Waals surface area (Å²) in [6.07, 6.45) is 2.08. The van der Waals surface area contributed by atoms with Crippen molar-refractivity contribution in [1.82, 2.24) is 0 Å². The van der Waals surface area contributed by atoms with Crippen LogP contribution in [0.3, 0.4) is 0 Å². The Morgan fingerprint density at radius 3 is 2.71 bits per heavy atom. The standard InChI is InChI=1S/C8H17N5O/c9-7(10)13-8(11)12-3-1-6-2-4-14-5-6/h6H,1-5H2,(H6,9,10,11,12,13). The summed E-state index contributed by atoms with van der Waals surface area (Å²) in [4.78, 5) is 7.63. The van der Waals surface area contributed by atoms with E-state index >= 15 is 0 Å². The van der Waals surface area contributed by atoms with Gasteiger partial charge in [0.1, 0.15) is 0 Å². The van der Waals surface area contributed by atoms with E-state index in [4.69, 9.17) is 21.9 Å². The van der Waals surface area contributed by atoms with Gasteiger partial charge in [-0.2, -0.15) is 4.99 Å². The predicted molar refractivity (Wildman–Crippen MR) is 55.8 cm³/mol. The first-order chi connectivity index (χ1) is 6.68. The van der Waals surface area contributed by atoms with E-state index in [-0.39, 0.29) is 11.9 Å². The summed E-state index contributed by atoms with van der Waals surface area (Å²) in [5, 5.41) is 0. The molecule has 0 bridgehead atoms. The van der Waals surface area contributed by atoms with Crippen LogP contribution in [0.5, 0.6) is 0 Å². The Balaban J connectivity index is 2.21. The lowest BCUT2D eigenvalue weighted by Crippen LogP contribution is -2.26. The fourth-order valence-corrected chi connectivity index (χ4v) is 1.34. The lowest BCUT2D eigenvalue weighted by molar-refractivity contribution is 0.184. The molecule has 6 nitrogen and oxygen atoms in total. The number of nitrogens with zero attached hydrogens (tertiary/aromatic N) is 2. The Hall–Kier alpha value is -1.30. The van der Waals surface area contributed by atoms with E-state index in [0.717, 1.165) is 26.1 Å². The maximum atomic E-state index is 5.43. The summed E-state index contributed by atoms with van der Waals surface area (Å²) >= 11 is 0. The second-order valence-electron chi connectivity index (χ2n) is 3.29. The molecule has 1 atom stereocenters. The van der Waals surface area contributed by atoms with Crippen molar-refractivity contribution in [3.63, 3.8) is 0 Å². The molecule has 1 rings (SSSR count). The van der Waals surface area contributed by atoms with Crippen molar-refractivity contribution in [3.8, 4) is 0 Å². The maximum absolute atomic E-state index is 5.43.